The lowest BCUT2D eigenvalue weighted by molar-refractivity contribution is 0.0526. The van der Waals surface area contributed by atoms with Crippen molar-refractivity contribution in [1.82, 2.24) is 9.88 Å². The summed E-state index contributed by atoms with van der Waals surface area (Å²) >= 11 is 0. The molecule has 0 radical (unpaired) electrons. The average Bonchev–Trinajstić information content (AvgIpc) is 2.68. The van der Waals surface area contributed by atoms with Gasteiger partial charge in [0.2, 0.25) is 0 Å². The summed E-state index contributed by atoms with van der Waals surface area (Å²) in [7, 11) is 1.59. The number of benzene rings is 1. The third-order valence-electron chi connectivity index (χ3n) is 4.26. The topological polar surface area (TPSA) is 89.0 Å². The second-order valence-corrected chi connectivity index (χ2v) is 6.02. The number of methoxy groups -OCH3 is 1. The van der Waals surface area contributed by atoms with Gasteiger partial charge in [0.15, 0.2) is 11.5 Å². The second-order valence-electron chi connectivity index (χ2n) is 6.02. The molecule has 26 heavy (non-hydrogen) atoms. The molecule has 0 saturated carbocycles. The van der Waals surface area contributed by atoms with Gasteiger partial charge in [-0.05, 0) is 37.1 Å². The first-order chi connectivity index (χ1) is 12.6. The number of ether oxygens (including phenoxy) is 2. The number of pyridine rings is 1. The van der Waals surface area contributed by atoms with Gasteiger partial charge in [-0.25, -0.2) is 4.79 Å². The molecule has 0 spiro atoms. The van der Waals surface area contributed by atoms with Gasteiger partial charge in [0, 0.05) is 12.7 Å². The Labute approximate surface area is 151 Å². The van der Waals surface area contributed by atoms with E-state index in [1.807, 2.05) is 24.3 Å². The third kappa shape index (κ3) is 3.93. The molecular formula is C19H20N2O5. The van der Waals surface area contributed by atoms with Gasteiger partial charge in [-0.3, -0.25) is 9.78 Å². The number of carbonyl (C=O) groups excluding carboxylic acids is 1. The zero-order chi connectivity index (χ0) is 18.5. The van der Waals surface area contributed by atoms with Crippen LogP contribution in [0.3, 0.4) is 0 Å². The standard InChI is InChI=1S/C19H20N2O5/c1-25-16-6-2-3-7-17(16)26-14-5-4-10-21(12-14)18(22)15-9-8-13(11-20-15)19(23)24/h2-3,6-9,11,14H,4-5,10,12H2,1H3,(H,23,24). The molecule has 0 bridgehead atoms. The molecule has 7 nitrogen and oxygen atoms in total. The lowest BCUT2D eigenvalue weighted by Crippen LogP contribution is -2.44. The van der Waals surface area contributed by atoms with Crippen molar-refractivity contribution < 1.29 is 24.2 Å². The summed E-state index contributed by atoms with van der Waals surface area (Å²) in [5.41, 5.74) is 0.283. The normalized spacial score (nSPS) is 16.8. The van der Waals surface area contributed by atoms with Gasteiger partial charge in [-0.15, -0.1) is 0 Å². The van der Waals surface area contributed by atoms with Crippen LogP contribution in [0, 0.1) is 0 Å². The molecule has 1 aromatic carbocycles. The van der Waals surface area contributed by atoms with Gasteiger partial charge in [0.1, 0.15) is 11.8 Å². The highest BCUT2D eigenvalue weighted by molar-refractivity contribution is 5.93. The Bertz CT molecular complexity index is 791. The van der Waals surface area contributed by atoms with Gasteiger partial charge in [-0.2, -0.15) is 0 Å². The van der Waals surface area contributed by atoms with Gasteiger partial charge in [0.25, 0.3) is 5.91 Å². The Balaban J connectivity index is 1.67. The maximum atomic E-state index is 12.6. The van der Waals surface area contributed by atoms with Crippen LogP contribution in [0.15, 0.2) is 42.6 Å². The van der Waals surface area contributed by atoms with Crippen molar-refractivity contribution in [3.05, 3.63) is 53.9 Å². The van der Waals surface area contributed by atoms with E-state index in [0.717, 1.165) is 12.8 Å². The number of nitrogens with zero attached hydrogens (tertiary/aromatic N) is 2. The number of rotatable bonds is 5. The summed E-state index contributed by atoms with van der Waals surface area (Å²) in [6.45, 7) is 1.06. The van der Waals surface area contributed by atoms with Crippen molar-refractivity contribution in [3.8, 4) is 11.5 Å². The van der Waals surface area contributed by atoms with Crippen LogP contribution in [0.5, 0.6) is 11.5 Å². The Kier molecular flexibility index (Phi) is 5.36. The zero-order valence-corrected chi connectivity index (χ0v) is 14.4. The molecule has 7 heteroatoms. The highest BCUT2D eigenvalue weighted by Crippen LogP contribution is 2.28. The van der Waals surface area contributed by atoms with Crippen molar-refractivity contribution in [3.63, 3.8) is 0 Å². The van der Waals surface area contributed by atoms with E-state index in [4.69, 9.17) is 14.6 Å². The predicted octanol–water partition coefficient (Wildman–Crippen LogP) is 2.47. The van der Waals surface area contributed by atoms with Crippen LogP contribution in [0.4, 0.5) is 0 Å². The average molecular weight is 356 g/mol. The number of aromatic carboxylic acids is 1. The quantitative estimate of drug-likeness (QED) is 0.885. The molecule has 1 atom stereocenters. The van der Waals surface area contributed by atoms with Crippen molar-refractivity contribution in [2.75, 3.05) is 20.2 Å². The van der Waals surface area contributed by atoms with Crippen LogP contribution in [0.2, 0.25) is 0 Å². The van der Waals surface area contributed by atoms with Gasteiger partial charge in [0.05, 0.1) is 19.2 Å². The van der Waals surface area contributed by atoms with Gasteiger partial charge >= 0.3 is 5.97 Å². The Morgan fingerprint density at radius 1 is 1.19 bits per heavy atom. The van der Waals surface area contributed by atoms with Crippen LogP contribution in [0.1, 0.15) is 33.7 Å². The molecular weight excluding hydrogens is 336 g/mol. The van der Waals surface area contributed by atoms with Crippen LogP contribution >= 0.6 is 0 Å². The number of carbonyl (C=O) groups is 2. The van der Waals surface area contributed by atoms with Crippen molar-refractivity contribution in [2.45, 2.75) is 18.9 Å². The molecule has 1 aliphatic heterocycles. The van der Waals surface area contributed by atoms with E-state index >= 15 is 0 Å². The fourth-order valence-electron chi connectivity index (χ4n) is 2.92. The molecule has 0 aliphatic carbocycles. The first-order valence-electron chi connectivity index (χ1n) is 8.37. The molecule has 1 aliphatic rings. The van der Waals surface area contributed by atoms with E-state index in [1.54, 1.807) is 12.0 Å². The van der Waals surface area contributed by atoms with E-state index in [0.29, 0.717) is 24.6 Å². The van der Waals surface area contributed by atoms with Crippen molar-refractivity contribution >= 4 is 11.9 Å². The molecule has 2 heterocycles. The van der Waals surface area contributed by atoms with Crippen LogP contribution < -0.4 is 9.47 Å². The highest BCUT2D eigenvalue weighted by Gasteiger charge is 2.27. The monoisotopic (exact) mass is 356 g/mol. The molecule has 1 fully saturated rings. The number of likely N-dealkylation sites (tertiary alicyclic amines) is 1. The molecule has 1 amide bonds. The molecule has 1 saturated heterocycles. The summed E-state index contributed by atoms with van der Waals surface area (Å²) in [5.74, 6) is 0.00937. The lowest BCUT2D eigenvalue weighted by atomic mass is 10.1. The van der Waals surface area contributed by atoms with Gasteiger partial charge in [-0.1, -0.05) is 12.1 Å². The first kappa shape index (κ1) is 17.7. The Morgan fingerprint density at radius 2 is 1.96 bits per heavy atom. The number of hydrogen-bond acceptors (Lipinski definition) is 5. The minimum Gasteiger partial charge on any atom is -0.493 e. The summed E-state index contributed by atoms with van der Waals surface area (Å²) < 4.78 is 11.3. The predicted molar refractivity (Wildman–Crippen MR) is 93.7 cm³/mol. The fourth-order valence-corrected chi connectivity index (χ4v) is 2.92. The number of carboxylic acids is 1. The lowest BCUT2D eigenvalue weighted by Gasteiger charge is -2.33. The number of amides is 1. The molecule has 3 rings (SSSR count). The number of carboxylic acid groups (broad SMARTS) is 1. The third-order valence-corrected chi connectivity index (χ3v) is 4.26. The summed E-state index contributed by atoms with van der Waals surface area (Å²) in [6.07, 6.45) is 2.72. The van der Waals surface area contributed by atoms with Crippen LogP contribution in [-0.4, -0.2) is 53.2 Å². The molecule has 1 aromatic heterocycles. The molecule has 1 unspecified atom stereocenters. The zero-order valence-electron chi connectivity index (χ0n) is 14.4. The van der Waals surface area contributed by atoms with Crippen LogP contribution in [0.25, 0.3) is 0 Å². The summed E-state index contributed by atoms with van der Waals surface area (Å²) in [5, 5.41) is 8.92. The molecule has 1 N–H and O–H groups in total. The minimum atomic E-state index is -1.07. The largest absolute Gasteiger partial charge is 0.493 e. The van der Waals surface area contributed by atoms with E-state index in [-0.39, 0.29) is 23.3 Å². The molecule has 136 valence electrons. The maximum Gasteiger partial charge on any atom is 0.337 e. The number of piperidine rings is 1. The highest BCUT2D eigenvalue weighted by atomic mass is 16.5. The van der Waals surface area contributed by atoms with Gasteiger partial charge < -0.3 is 19.5 Å². The summed E-state index contributed by atoms with van der Waals surface area (Å²) in [4.78, 5) is 29.2. The number of aromatic nitrogens is 1. The second kappa shape index (κ2) is 7.86. The fraction of sp³-hybridized carbons (Fsp3) is 0.316. The van der Waals surface area contributed by atoms with E-state index in [1.165, 1.54) is 18.3 Å². The van der Waals surface area contributed by atoms with Crippen molar-refractivity contribution in [2.24, 2.45) is 0 Å². The Morgan fingerprint density at radius 3 is 2.62 bits per heavy atom. The number of hydrogen-bond donors (Lipinski definition) is 1. The van der Waals surface area contributed by atoms with E-state index in [9.17, 15) is 9.59 Å². The van der Waals surface area contributed by atoms with Crippen LogP contribution in [-0.2, 0) is 0 Å². The van der Waals surface area contributed by atoms with Crippen molar-refractivity contribution in [1.29, 1.82) is 0 Å². The first-order valence-corrected chi connectivity index (χ1v) is 8.37. The Hall–Kier alpha value is -3.09. The SMILES string of the molecule is COc1ccccc1OC1CCCN(C(=O)c2ccc(C(=O)O)cn2)C1. The van der Waals surface area contributed by atoms with E-state index in [2.05, 4.69) is 4.98 Å². The molecule has 2 aromatic rings. The summed E-state index contributed by atoms with van der Waals surface area (Å²) in [6, 6.07) is 10.2. The maximum absolute atomic E-state index is 12.6. The van der Waals surface area contributed by atoms with E-state index < -0.39 is 5.97 Å². The minimum absolute atomic E-state index is 0.0533. The number of para-hydroxylation sites is 2. The smallest absolute Gasteiger partial charge is 0.337 e.